The fourth-order valence-corrected chi connectivity index (χ4v) is 5.49. The van der Waals surface area contributed by atoms with Crippen LogP contribution in [-0.4, -0.2) is 112 Å². The molecule has 0 aromatic rings. The summed E-state index contributed by atoms with van der Waals surface area (Å²) in [5.74, 6) is 1.87. The van der Waals surface area contributed by atoms with Gasteiger partial charge >= 0.3 is 0 Å². The Kier molecular flexibility index (Phi) is 7.67. The minimum absolute atomic E-state index is 0.211. The van der Waals surface area contributed by atoms with Crippen LogP contribution in [0, 0.1) is 5.92 Å². The number of rotatable bonds is 6. The van der Waals surface area contributed by atoms with Crippen LogP contribution in [0.3, 0.4) is 0 Å². The van der Waals surface area contributed by atoms with Gasteiger partial charge in [0.1, 0.15) is 0 Å². The first-order valence-corrected chi connectivity index (χ1v) is 12.0. The third kappa shape index (κ3) is 5.43. The van der Waals surface area contributed by atoms with Crippen LogP contribution in [0.2, 0.25) is 0 Å². The van der Waals surface area contributed by atoms with Crippen LogP contribution >= 0.6 is 0 Å². The first-order chi connectivity index (χ1) is 14.3. The summed E-state index contributed by atoms with van der Waals surface area (Å²) < 4.78 is 11.2. The van der Waals surface area contributed by atoms with Gasteiger partial charge in [0.05, 0.1) is 19.8 Å². The molecule has 7 nitrogen and oxygen atoms in total. The topological polar surface area (TPSA) is 52.6 Å². The SMILES string of the molecule is CCNC(=NCC1(N2CCCC2)CCOCC1)N1CCC(CN2CCOCC2)C1. The molecule has 0 amide bonds. The molecule has 4 heterocycles. The molecule has 29 heavy (non-hydrogen) atoms. The molecule has 1 N–H and O–H groups in total. The minimum atomic E-state index is 0.211. The number of nitrogens with zero attached hydrogens (tertiary/aromatic N) is 4. The van der Waals surface area contributed by atoms with Crippen molar-refractivity contribution in [3.05, 3.63) is 0 Å². The van der Waals surface area contributed by atoms with Crippen molar-refractivity contribution in [3.63, 3.8) is 0 Å². The Bertz CT molecular complexity index is 525. The highest BCUT2D eigenvalue weighted by Gasteiger charge is 2.40. The van der Waals surface area contributed by atoms with Crippen molar-refractivity contribution in [2.24, 2.45) is 10.9 Å². The van der Waals surface area contributed by atoms with Crippen LogP contribution in [0.1, 0.15) is 39.0 Å². The maximum Gasteiger partial charge on any atom is 0.193 e. The summed E-state index contributed by atoms with van der Waals surface area (Å²) in [6.45, 7) is 15.7. The van der Waals surface area contributed by atoms with Gasteiger partial charge in [-0.2, -0.15) is 0 Å². The first-order valence-electron chi connectivity index (χ1n) is 12.0. The molecule has 4 fully saturated rings. The summed E-state index contributed by atoms with van der Waals surface area (Å²) in [5, 5.41) is 3.59. The van der Waals surface area contributed by atoms with Crippen LogP contribution in [0.25, 0.3) is 0 Å². The molecule has 4 rings (SSSR count). The standard InChI is InChI=1S/C22H41N5O2/c1-2-23-21(26-10-5-20(18-26)17-25-11-15-29-16-12-25)24-19-22(6-13-28-14-7-22)27-8-3-4-9-27/h20H,2-19H2,1H3,(H,23,24). The zero-order valence-electron chi connectivity index (χ0n) is 18.4. The van der Waals surface area contributed by atoms with Crippen molar-refractivity contribution < 1.29 is 9.47 Å². The van der Waals surface area contributed by atoms with Gasteiger partial charge in [0.15, 0.2) is 5.96 Å². The van der Waals surface area contributed by atoms with E-state index >= 15 is 0 Å². The number of aliphatic imine (C=N–C) groups is 1. The predicted molar refractivity (Wildman–Crippen MR) is 117 cm³/mol. The molecule has 0 saturated carbocycles. The maximum atomic E-state index is 5.71. The molecule has 1 atom stereocenters. The summed E-state index contributed by atoms with van der Waals surface area (Å²) in [6.07, 6.45) is 6.18. The molecule has 4 aliphatic rings. The highest BCUT2D eigenvalue weighted by Crippen LogP contribution is 2.32. The molecule has 0 aromatic carbocycles. The Morgan fingerprint density at radius 1 is 1.00 bits per heavy atom. The van der Waals surface area contributed by atoms with Crippen molar-refractivity contribution in [3.8, 4) is 0 Å². The largest absolute Gasteiger partial charge is 0.381 e. The van der Waals surface area contributed by atoms with Crippen LogP contribution in [0.15, 0.2) is 4.99 Å². The Balaban J connectivity index is 1.37. The molecule has 4 saturated heterocycles. The quantitative estimate of drug-likeness (QED) is 0.528. The van der Waals surface area contributed by atoms with Crippen LogP contribution in [0.5, 0.6) is 0 Å². The lowest BCUT2D eigenvalue weighted by Gasteiger charge is -2.43. The zero-order chi connectivity index (χ0) is 19.9. The lowest BCUT2D eigenvalue weighted by molar-refractivity contribution is -0.0139. The molecule has 1 unspecified atom stereocenters. The summed E-state index contributed by atoms with van der Waals surface area (Å²) >= 11 is 0. The number of hydrogen-bond donors (Lipinski definition) is 1. The van der Waals surface area contributed by atoms with Gasteiger partial charge in [-0.15, -0.1) is 0 Å². The van der Waals surface area contributed by atoms with E-state index in [-0.39, 0.29) is 5.54 Å². The molecule has 4 aliphatic heterocycles. The monoisotopic (exact) mass is 407 g/mol. The highest BCUT2D eigenvalue weighted by molar-refractivity contribution is 5.80. The van der Waals surface area contributed by atoms with Crippen molar-refractivity contribution in [1.82, 2.24) is 20.0 Å². The molecule has 0 spiro atoms. The van der Waals surface area contributed by atoms with E-state index in [0.717, 1.165) is 90.4 Å². The van der Waals surface area contributed by atoms with Gasteiger partial charge in [-0.3, -0.25) is 14.8 Å². The average molecular weight is 408 g/mol. The Morgan fingerprint density at radius 2 is 1.72 bits per heavy atom. The summed E-state index contributed by atoms with van der Waals surface area (Å²) in [6, 6.07) is 0. The molecule has 0 bridgehead atoms. The second-order valence-corrected chi connectivity index (χ2v) is 9.21. The highest BCUT2D eigenvalue weighted by atomic mass is 16.5. The van der Waals surface area contributed by atoms with Crippen molar-refractivity contribution in [1.29, 1.82) is 0 Å². The van der Waals surface area contributed by atoms with E-state index in [1.165, 1.54) is 38.9 Å². The molecule has 0 aromatic heterocycles. The number of nitrogens with one attached hydrogen (secondary N) is 1. The first kappa shape index (κ1) is 21.3. The number of morpholine rings is 1. The molecular weight excluding hydrogens is 366 g/mol. The van der Waals surface area contributed by atoms with Gasteiger partial charge in [-0.05, 0) is 58.0 Å². The molecule has 166 valence electrons. The average Bonchev–Trinajstić information content (AvgIpc) is 3.45. The molecule has 7 heteroatoms. The van der Waals surface area contributed by atoms with Crippen LogP contribution in [-0.2, 0) is 9.47 Å². The Hall–Kier alpha value is -0.890. The van der Waals surface area contributed by atoms with Crippen molar-refractivity contribution in [2.45, 2.75) is 44.6 Å². The van der Waals surface area contributed by atoms with E-state index in [4.69, 9.17) is 14.5 Å². The van der Waals surface area contributed by atoms with Gasteiger partial charge in [0, 0.05) is 58.0 Å². The third-order valence-electron chi connectivity index (χ3n) is 7.26. The second kappa shape index (κ2) is 10.4. The van der Waals surface area contributed by atoms with E-state index in [1.807, 2.05) is 0 Å². The second-order valence-electron chi connectivity index (χ2n) is 9.21. The molecule has 0 aliphatic carbocycles. The van der Waals surface area contributed by atoms with E-state index < -0.39 is 0 Å². The number of guanidine groups is 1. The summed E-state index contributed by atoms with van der Waals surface area (Å²) in [7, 11) is 0. The Labute approximate surface area is 176 Å². The van der Waals surface area contributed by atoms with Gasteiger partial charge in [-0.25, -0.2) is 0 Å². The summed E-state index contributed by atoms with van der Waals surface area (Å²) in [5.41, 5.74) is 0.211. The normalized spacial score (nSPS) is 29.5. The smallest absolute Gasteiger partial charge is 0.193 e. The van der Waals surface area contributed by atoms with Crippen molar-refractivity contribution in [2.75, 3.05) is 85.3 Å². The van der Waals surface area contributed by atoms with Crippen molar-refractivity contribution >= 4 is 5.96 Å². The fraction of sp³-hybridized carbons (Fsp3) is 0.955. The lowest BCUT2D eigenvalue weighted by atomic mass is 9.88. The van der Waals surface area contributed by atoms with Gasteiger partial charge in [0.2, 0.25) is 0 Å². The van der Waals surface area contributed by atoms with Gasteiger partial charge in [0.25, 0.3) is 0 Å². The number of ether oxygens (including phenoxy) is 2. The van der Waals surface area contributed by atoms with Crippen LogP contribution in [0.4, 0.5) is 0 Å². The van der Waals surface area contributed by atoms with Gasteiger partial charge in [-0.1, -0.05) is 0 Å². The zero-order valence-corrected chi connectivity index (χ0v) is 18.4. The fourth-order valence-electron chi connectivity index (χ4n) is 5.49. The molecule has 0 radical (unpaired) electrons. The van der Waals surface area contributed by atoms with E-state index in [2.05, 4.69) is 26.9 Å². The maximum absolute atomic E-state index is 5.71. The third-order valence-corrected chi connectivity index (χ3v) is 7.26. The predicted octanol–water partition coefficient (Wildman–Crippen LogP) is 1.25. The van der Waals surface area contributed by atoms with Gasteiger partial charge < -0.3 is 19.7 Å². The lowest BCUT2D eigenvalue weighted by Crippen LogP contribution is -2.54. The minimum Gasteiger partial charge on any atom is -0.381 e. The summed E-state index contributed by atoms with van der Waals surface area (Å²) in [4.78, 5) is 13.0. The van der Waals surface area contributed by atoms with E-state index in [0.29, 0.717) is 0 Å². The molecular formula is C22H41N5O2. The Morgan fingerprint density at radius 3 is 2.45 bits per heavy atom. The van der Waals surface area contributed by atoms with E-state index in [1.54, 1.807) is 0 Å². The number of likely N-dealkylation sites (tertiary alicyclic amines) is 2. The van der Waals surface area contributed by atoms with E-state index in [9.17, 15) is 0 Å². The van der Waals surface area contributed by atoms with Crippen LogP contribution < -0.4 is 5.32 Å². The number of hydrogen-bond acceptors (Lipinski definition) is 5.